The van der Waals surface area contributed by atoms with Crippen LogP contribution in [0.4, 0.5) is 28.9 Å². The van der Waals surface area contributed by atoms with E-state index < -0.39 is 45.1 Å². The molecule has 0 N–H and O–H groups in total. The van der Waals surface area contributed by atoms with Gasteiger partial charge in [0, 0.05) is 26.2 Å². The van der Waals surface area contributed by atoms with Gasteiger partial charge in [0.05, 0.1) is 26.9 Å². The molecule has 0 atom stereocenters. The van der Waals surface area contributed by atoms with Crippen LogP contribution < -0.4 is 9.21 Å². The van der Waals surface area contributed by atoms with E-state index in [1.807, 2.05) is 0 Å². The molecule has 3 aromatic rings. The van der Waals surface area contributed by atoms with Gasteiger partial charge < -0.3 is 9.80 Å². The first-order valence-corrected chi connectivity index (χ1v) is 13.0. The van der Waals surface area contributed by atoms with Crippen LogP contribution in [-0.4, -0.2) is 51.9 Å². The molecular formula is C25H22ClF4N3O3S. The van der Waals surface area contributed by atoms with Crippen molar-refractivity contribution in [2.75, 3.05) is 41.9 Å². The molecule has 1 aliphatic rings. The van der Waals surface area contributed by atoms with Gasteiger partial charge in [-0.3, -0.25) is 9.10 Å². The third-order valence-electron chi connectivity index (χ3n) is 5.98. The summed E-state index contributed by atoms with van der Waals surface area (Å²) < 4.78 is 82.3. The van der Waals surface area contributed by atoms with E-state index in [0.29, 0.717) is 29.1 Å². The standard InChI is InChI=1S/C25H22ClF4N3O3S/c26-21-11-10-18(16-20(21)25(28,29)30)33(37(35,36)19-6-2-1-3-7-19)17-24(34)32-14-12-31(13-15-32)23-9-5-4-8-22(23)27/h1-11,16H,12-15,17H2. The Morgan fingerprint density at radius 1 is 0.919 bits per heavy atom. The van der Waals surface area contributed by atoms with Crippen LogP contribution in [0.15, 0.2) is 77.7 Å². The number of carbonyl (C=O) groups is 1. The third-order valence-corrected chi connectivity index (χ3v) is 8.10. The van der Waals surface area contributed by atoms with Crippen LogP contribution in [0.2, 0.25) is 5.02 Å². The lowest BCUT2D eigenvalue weighted by molar-refractivity contribution is -0.137. The molecule has 12 heteroatoms. The minimum Gasteiger partial charge on any atom is -0.366 e. The molecule has 1 amide bonds. The maximum atomic E-state index is 14.1. The Balaban J connectivity index is 1.61. The highest BCUT2D eigenvalue weighted by molar-refractivity contribution is 7.92. The van der Waals surface area contributed by atoms with E-state index in [2.05, 4.69) is 0 Å². The second-order valence-electron chi connectivity index (χ2n) is 8.31. The number of halogens is 5. The quantitative estimate of drug-likeness (QED) is 0.400. The smallest absolute Gasteiger partial charge is 0.366 e. The second-order valence-corrected chi connectivity index (χ2v) is 10.6. The summed E-state index contributed by atoms with van der Waals surface area (Å²) in [6.45, 7) is 0.242. The van der Waals surface area contributed by atoms with Crippen LogP contribution >= 0.6 is 11.6 Å². The van der Waals surface area contributed by atoms with Crippen molar-refractivity contribution < 1.29 is 30.8 Å². The first-order valence-electron chi connectivity index (χ1n) is 11.2. The molecule has 0 aromatic heterocycles. The highest BCUT2D eigenvalue weighted by Gasteiger charge is 2.36. The molecule has 3 aromatic carbocycles. The van der Waals surface area contributed by atoms with Crippen LogP contribution in [0, 0.1) is 5.82 Å². The molecule has 0 radical (unpaired) electrons. The number of anilines is 2. The number of carbonyl (C=O) groups excluding carboxylic acids is 1. The fourth-order valence-corrected chi connectivity index (χ4v) is 5.70. The van der Waals surface area contributed by atoms with Gasteiger partial charge in [0.15, 0.2) is 0 Å². The Hall–Kier alpha value is -3.31. The summed E-state index contributed by atoms with van der Waals surface area (Å²) in [4.78, 5) is 16.2. The molecular weight excluding hydrogens is 534 g/mol. The van der Waals surface area contributed by atoms with Gasteiger partial charge in [-0.15, -0.1) is 0 Å². The third kappa shape index (κ3) is 5.83. The van der Waals surface area contributed by atoms with Crippen LogP contribution in [-0.2, 0) is 21.0 Å². The fraction of sp³-hybridized carbons (Fsp3) is 0.240. The minimum absolute atomic E-state index is 0.181. The van der Waals surface area contributed by atoms with Gasteiger partial charge in [-0.25, -0.2) is 12.8 Å². The number of benzene rings is 3. The highest BCUT2D eigenvalue weighted by atomic mass is 35.5. The number of sulfonamides is 1. The molecule has 1 fully saturated rings. The van der Waals surface area contributed by atoms with Crippen molar-refractivity contribution in [3.8, 4) is 0 Å². The van der Waals surface area contributed by atoms with E-state index in [0.717, 1.165) is 12.1 Å². The van der Waals surface area contributed by atoms with Crippen LogP contribution in [0.3, 0.4) is 0 Å². The summed E-state index contributed by atoms with van der Waals surface area (Å²) in [5, 5.41) is -0.594. The SMILES string of the molecule is O=C(CN(c1ccc(Cl)c(C(F)(F)F)c1)S(=O)(=O)c1ccccc1)N1CCN(c2ccccc2F)CC1. The Kier molecular flexibility index (Phi) is 7.65. The van der Waals surface area contributed by atoms with Crippen LogP contribution in [0.25, 0.3) is 0 Å². The van der Waals surface area contributed by atoms with E-state index in [-0.39, 0.29) is 23.7 Å². The fourth-order valence-electron chi connectivity index (χ4n) is 4.05. The van der Waals surface area contributed by atoms with E-state index in [1.165, 1.54) is 35.2 Å². The first kappa shape index (κ1) is 26.7. The average molecular weight is 556 g/mol. The maximum absolute atomic E-state index is 14.1. The van der Waals surface area contributed by atoms with E-state index in [1.54, 1.807) is 29.2 Å². The molecule has 196 valence electrons. The number of hydrogen-bond donors (Lipinski definition) is 0. The molecule has 1 saturated heterocycles. The van der Waals surface area contributed by atoms with E-state index >= 15 is 0 Å². The molecule has 0 saturated carbocycles. The monoisotopic (exact) mass is 555 g/mol. The first-order chi connectivity index (χ1) is 17.5. The van der Waals surface area contributed by atoms with Crippen molar-refractivity contribution in [2.24, 2.45) is 0 Å². The second kappa shape index (κ2) is 10.6. The van der Waals surface area contributed by atoms with Gasteiger partial charge in [-0.05, 0) is 42.5 Å². The Bertz CT molecular complexity index is 1380. The van der Waals surface area contributed by atoms with Crippen LogP contribution in [0.1, 0.15) is 5.56 Å². The Morgan fingerprint density at radius 3 is 2.16 bits per heavy atom. The molecule has 0 spiro atoms. The zero-order valence-electron chi connectivity index (χ0n) is 19.3. The zero-order valence-corrected chi connectivity index (χ0v) is 20.9. The van der Waals surface area contributed by atoms with Crippen molar-refractivity contribution in [3.63, 3.8) is 0 Å². The maximum Gasteiger partial charge on any atom is 0.417 e. The number of rotatable bonds is 6. The number of amides is 1. The van der Waals surface area contributed by atoms with Gasteiger partial charge in [-0.1, -0.05) is 41.9 Å². The summed E-state index contributed by atoms with van der Waals surface area (Å²) in [6, 6.07) is 16.0. The number of nitrogens with zero attached hydrogens (tertiary/aromatic N) is 3. The van der Waals surface area contributed by atoms with Crippen molar-refractivity contribution in [1.82, 2.24) is 4.90 Å². The summed E-state index contributed by atoms with van der Waals surface area (Å²) >= 11 is 5.73. The van der Waals surface area contributed by atoms with Crippen molar-refractivity contribution in [2.45, 2.75) is 11.1 Å². The van der Waals surface area contributed by atoms with Crippen LogP contribution in [0.5, 0.6) is 0 Å². The normalized spacial score (nSPS) is 14.5. The predicted octanol–water partition coefficient (Wildman–Crippen LogP) is 5.04. The van der Waals surface area contributed by atoms with Crippen molar-refractivity contribution >= 4 is 38.9 Å². The lowest BCUT2D eigenvalue weighted by atomic mass is 10.2. The minimum atomic E-state index is -4.83. The molecule has 37 heavy (non-hydrogen) atoms. The van der Waals surface area contributed by atoms with Gasteiger partial charge in [0.1, 0.15) is 12.4 Å². The summed E-state index contributed by atoms with van der Waals surface area (Å²) in [7, 11) is -4.41. The summed E-state index contributed by atoms with van der Waals surface area (Å²) in [5.41, 5.74) is -1.17. The molecule has 1 aliphatic heterocycles. The Labute approximate surface area is 216 Å². The Morgan fingerprint density at radius 2 is 1.54 bits per heavy atom. The molecule has 4 rings (SSSR count). The molecule has 6 nitrogen and oxygen atoms in total. The topological polar surface area (TPSA) is 60.9 Å². The number of para-hydroxylation sites is 1. The number of hydrogen-bond acceptors (Lipinski definition) is 4. The van der Waals surface area contributed by atoms with Gasteiger partial charge in [0.2, 0.25) is 5.91 Å². The van der Waals surface area contributed by atoms with Gasteiger partial charge >= 0.3 is 6.18 Å². The average Bonchev–Trinajstić information content (AvgIpc) is 2.88. The van der Waals surface area contributed by atoms with Gasteiger partial charge in [0.25, 0.3) is 10.0 Å². The summed E-state index contributed by atoms with van der Waals surface area (Å²) in [5.74, 6) is -0.998. The molecule has 0 aliphatic carbocycles. The molecule has 1 heterocycles. The number of alkyl halides is 3. The number of piperazine rings is 1. The van der Waals surface area contributed by atoms with E-state index in [4.69, 9.17) is 11.6 Å². The van der Waals surface area contributed by atoms with Crippen molar-refractivity contribution in [3.05, 3.63) is 89.2 Å². The lowest BCUT2D eigenvalue weighted by Gasteiger charge is -2.37. The van der Waals surface area contributed by atoms with Crippen molar-refractivity contribution in [1.29, 1.82) is 0 Å². The largest absolute Gasteiger partial charge is 0.417 e. The lowest BCUT2D eigenvalue weighted by Crippen LogP contribution is -2.52. The predicted molar refractivity (Wildman–Crippen MR) is 133 cm³/mol. The zero-order chi connectivity index (χ0) is 26.8. The van der Waals surface area contributed by atoms with Gasteiger partial charge in [-0.2, -0.15) is 13.2 Å². The molecule has 0 unspecified atom stereocenters. The highest BCUT2D eigenvalue weighted by Crippen LogP contribution is 2.38. The van der Waals surface area contributed by atoms with E-state index in [9.17, 15) is 30.8 Å². The molecule has 0 bridgehead atoms. The summed E-state index contributed by atoms with van der Waals surface area (Å²) in [6.07, 6.45) is -4.83.